The highest BCUT2D eigenvalue weighted by Gasteiger charge is 2.68. The number of urea groups is 1. The molecule has 0 saturated carbocycles. The van der Waals surface area contributed by atoms with Crippen molar-refractivity contribution in [3.05, 3.63) is 35.9 Å². The molecule has 2 aliphatic rings. The first-order valence-corrected chi connectivity index (χ1v) is 14.0. The molecule has 2 aliphatic heterocycles. The van der Waals surface area contributed by atoms with Gasteiger partial charge in [-0.3, -0.25) is 14.6 Å². The molecule has 0 bridgehead atoms. The summed E-state index contributed by atoms with van der Waals surface area (Å²) in [5, 5.41) is 0. The molecule has 0 aliphatic carbocycles. The minimum Gasteiger partial charge on any atom is -0.305 e. The predicted octanol–water partition coefficient (Wildman–Crippen LogP) is 6.86. The molecule has 2 saturated heterocycles. The van der Waals surface area contributed by atoms with E-state index in [1.54, 1.807) is 4.90 Å². The quantitative estimate of drug-likeness (QED) is 0.255. The summed E-state index contributed by atoms with van der Waals surface area (Å²) < 4.78 is 0. The maximum Gasteiger partial charge on any atom is 0.327 e. The number of imide groups is 1. The summed E-state index contributed by atoms with van der Waals surface area (Å²) >= 11 is 0. The van der Waals surface area contributed by atoms with Crippen LogP contribution in [-0.2, 0) is 11.3 Å². The van der Waals surface area contributed by atoms with Crippen LogP contribution in [0.1, 0.15) is 105 Å². The van der Waals surface area contributed by atoms with Crippen LogP contribution in [0.4, 0.5) is 4.79 Å². The summed E-state index contributed by atoms with van der Waals surface area (Å²) in [5.41, 5.74) is -0.100. The number of rotatable bonds is 11. The second kappa shape index (κ2) is 11.0. The van der Waals surface area contributed by atoms with Crippen LogP contribution >= 0.6 is 0 Å². The number of carbonyl (C=O) groups is 2. The van der Waals surface area contributed by atoms with Crippen molar-refractivity contribution in [1.29, 1.82) is 0 Å². The maximum absolute atomic E-state index is 14.4. The van der Waals surface area contributed by atoms with Crippen molar-refractivity contribution >= 4 is 11.9 Å². The molecule has 1 aromatic carbocycles. The SMILES string of the molecule is CCCCCCCCN1C(=O)N(Cc2ccccc2)C2(CC(C)(CC)N(C)C(C)(CC)C2C)C1=O. The van der Waals surface area contributed by atoms with E-state index >= 15 is 0 Å². The molecule has 4 unspecified atom stereocenters. The number of hydrogen-bond donors (Lipinski definition) is 0. The second-order valence-electron chi connectivity index (χ2n) is 11.5. The second-order valence-corrected chi connectivity index (χ2v) is 11.5. The zero-order chi connectivity index (χ0) is 25.9. The van der Waals surface area contributed by atoms with Crippen LogP contribution in [0, 0.1) is 5.92 Å². The fraction of sp³-hybridized carbons (Fsp3) is 0.733. The lowest BCUT2D eigenvalue weighted by Gasteiger charge is -2.63. The molecule has 5 heteroatoms. The highest BCUT2D eigenvalue weighted by molar-refractivity contribution is 6.07. The fourth-order valence-corrected chi connectivity index (χ4v) is 6.74. The normalized spacial score (nSPS) is 31.7. The molecular weight excluding hydrogens is 434 g/mol. The lowest BCUT2D eigenvalue weighted by atomic mass is 9.59. The molecule has 1 aromatic rings. The first-order valence-electron chi connectivity index (χ1n) is 14.0. The van der Waals surface area contributed by atoms with E-state index in [-0.39, 0.29) is 28.9 Å². The summed E-state index contributed by atoms with van der Waals surface area (Å²) in [6, 6.07) is 10.1. The van der Waals surface area contributed by atoms with Gasteiger partial charge in [-0.05, 0) is 52.1 Å². The van der Waals surface area contributed by atoms with Gasteiger partial charge in [0.1, 0.15) is 5.54 Å². The van der Waals surface area contributed by atoms with Crippen molar-refractivity contribution in [2.75, 3.05) is 13.6 Å². The Labute approximate surface area is 214 Å². The van der Waals surface area contributed by atoms with Crippen molar-refractivity contribution in [1.82, 2.24) is 14.7 Å². The van der Waals surface area contributed by atoms with Gasteiger partial charge in [0.25, 0.3) is 5.91 Å². The monoisotopic (exact) mass is 483 g/mol. The molecule has 2 heterocycles. The van der Waals surface area contributed by atoms with Crippen LogP contribution in [0.5, 0.6) is 0 Å². The molecule has 0 N–H and O–H groups in total. The van der Waals surface area contributed by atoms with Gasteiger partial charge in [-0.2, -0.15) is 0 Å². The molecule has 196 valence electrons. The van der Waals surface area contributed by atoms with E-state index in [1.807, 2.05) is 23.1 Å². The Morgan fingerprint density at radius 3 is 2.14 bits per heavy atom. The lowest BCUT2D eigenvalue weighted by molar-refractivity contribution is -0.162. The van der Waals surface area contributed by atoms with E-state index in [0.29, 0.717) is 19.5 Å². The summed E-state index contributed by atoms with van der Waals surface area (Å²) in [7, 11) is 2.22. The topological polar surface area (TPSA) is 43.9 Å². The van der Waals surface area contributed by atoms with Gasteiger partial charge < -0.3 is 4.90 Å². The van der Waals surface area contributed by atoms with Gasteiger partial charge in [0.05, 0.1) is 0 Å². The number of piperidine rings is 1. The average molecular weight is 484 g/mol. The summed E-state index contributed by atoms with van der Waals surface area (Å²) in [5.74, 6) is 0.0475. The van der Waals surface area contributed by atoms with Gasteiger partial charge in [0.2, 0.25) is 0 Å². The summed E-state index contributed by atoms with van der Waals surface area (Å²) in [6.45, 7) is 14.5. The van der Waals surface area contributed by atoms with Crippen LogP contribution in [0.25, 0.3) is 0 Å². The van der Waals surface area contributed by atoms with Crippen LogP contribution < -0.4 is 0 Å². The van der Waals surface area contributed by atoms with Gasteiger partial charge in [-0.15, -0.1) is 0 Å². The largest absolute Gasteiger partial charge is 0.327 e. The Hall–Kier alpha value is -1.88. The maximum atomic E-state index is 14.4. The molecule has 3 amide bonds. The zero-order valence-corrected chi connectivity index (χ0v) is 23.4. The van der Waals surface area contributed by atoms with Gasteiger partial charge in [-0.1, -0.05) is 90.1 Å². The van der Waals surface area contributed by atoms with Crippen molar-refractivity contribution in [2.24, 2.45) is 5.92 Å². The number of unbranched alkanes of at least 4 members (excludes halogenated alkanes) is 5. The minimum absolute atomic E-state index is 0.0133. The van der Waals surface area contributed by atoms with Gasteiger partial charge in [0, 0.05) is 30.1 Å². The molecule has 35 heavy (non-hydrogen) atoms. The summed E-state index contributed by atoms with van der Waals surface area (Å²) in [6.07, 6.45) is 9.38. The molecule has 3 rings (SSSR count). The Kier molecular flexibility index (Phi) is 8.73. The third kappa shape index (κ3) is 4.77. The molecule has 5 nitrogen and oxygen atoms in total. The van der Waals surface area contributed by atoms with Gasteiger partial charge in [0.15, 0.2) is 0 Å². The Morgan fingerprint density at radius 2 is 1.54 bits per heavy atom. The van der Waals surface area contributed by atoms with Crippen molar-refractivity contribution in [2.45, 2.75) is 122 Å². The molecule has 4 atom stereocenters. The highest BCUT2D eigenvalue weighted by atomic mass is 16.2. The Morgan fingerprint density at radius 1 is 0.914 bits per heavy atom. The van der Waals surface area contributed by atoms with Gasteiger partial charge >= 0.3 is 6.03 Å². The Balaban J connectivity index is 2.00. The Bertz CT molecular complexity index is 874. The van der Waals surface area contributed by atoms with Crippen molar-refractivity contribution in [3.8, 4) is 0 Å². The van der Waals surface area contributed by atoms with Crippen LogP contribution in [0.3, 0.4) is 0 Å². The number of hydrogen-bond acceptors (Lipinski definition) is 3. The van der Waals surface area contributed by atoms with Crippen molar-refractivity contribution < 1.29 is 9.59 Å². The molecule has 2 fully saturated rings. The predicted molar refractivity (Wildman–Crippen MR) is 144 cm³/mol. The number of benzene rings is 1. The molecule has 0 radical (unpaired) electrons. The molecular formula is C30H49N3O2. The number of likely N-dealkylation sites (tertiary alicyclic amines) is 1. The van der Waals surface area contributed by atoms with E-state index in [4.69, 9.17) is 0 Å². The number of carbonyl (C=O) groups excluding carboxylic acids is 2. The first-order chi connectivity index (χ1) is 16.6. The molecule has 1 spiro atoms. The van der Waals surface area contributed by atoms with Crippen LogP contribution in [0.2, 0.25) is 0 Å². The standard InChI is InChI=1S/C30H49N3O2/c1-8-11-12-13-14-18-21-32-26(34)30(33(27(32)35)22-25-19-16-15-17-20-25)23-28(5,9-2)31(7)29(6,10-3)24(30)4/h15-17,19-20,24H,8-14,18,21-23H2,1-7H3. The van der Waals surface area contributed by atoms with E-state index in [2.05, 4.69) is 65.6 Å². The minimum atomic E-state index is -0.822. The highest BCUT2D eigenvalue weighted by Crippen LogP contribution is 2.54. The smallest absolute Gasteiger partial charge is 0.305 e. The van der Waals surface area contributed by atoms with E-state index < -0.39 is 5.54 Å². The number of nitrogens with zero attached hydrogens (tertiary/aromatic N) is 3. The van der Waals surface area contributed by atoms with Crippen LogP contribution in [0.15, 0.2) is 30.3 Å². The van der Waals surface area contributed by atoms with Gasteiger partial charge in [-0.25, -0.2) is 4.79 Å². The van der Waals surface area contributed by atoms with Crippen LogP contribution in [-0.4, -0.2) is 56.8 Å². The van der Waals surface area contributed by atoms with E-state index in [1.165, 1.54) is 25.7 Å². The fourth-order valence-electron chi connectivity index (χ4n) is 6.74. The van der Waals surface area contributed by atoms with E-state index in [0.717, 1.165) is 31.2 Å². The first kappa shape index (κ1) is 27.7. The van der Waals surface area contributed by atoms with Crippen molar-refractivity contribution in [3.63, 3.8) is 0 Å². The third-order valence-corrected chi connectivity index (χ3v) is 9.83. The third-order valence-electron chi connectivity index (χ3n) is 9.83. The molecule has 0 aromatic heterocycles. The number of amides is 3. The summed E-state index contributed by atoms with van der Waals surface area (Å²) in [4.78, 5) is 34.5. The average Bonchev–Trinajstić information content (AvgIpc) is 3.05. The lowest BCUT2D eigenvalue weighted by Crippen LogP contribution is -2.74. The van der Waals surface area contributed by atoms with E-state index in [9.17, 15) is 9.59 Å². The zero-order valence-electron chi connectivity index (χ0n) is 23.4.